The highest BCUT2D eigenvalue weighted by Gasteiger charge is 2.50. The minimum Gasteiger partial charge on any atom is -0.339 e. The topological polar surface area (TPSA) is 90.9 Å². The molecule has 0 aromatic heterocycles. The number of piperidine rings is 1. The van der Waals surface area contributed by atoms with Crippen LogP contribution >= 0.6 is 11.8 Å². The maximum Gasteiger partial charge on any atom is 0.253 e. The van der Waals surface area contributed by atoms with Gasteiger partial charge in [0.2, 0.25) is 11.8 Å². The number of carbonyl (C=O) groups excluding carboxylic acids is 3. The SMILES string of the molecule is CC(=O)Nc1cccc(C(=O)N2CCC(C3(C)SC(=NC4C[C@@H]5CC[C@H]4C5)NC3=O)CC2)c1. The Morgan fingerprint density at radius 3 is 2.64 bits per heavy atom. The Kier molecular flexibility index (Phi) is 5.97. The lowest BCUT2D eigenvalue weighted by Crippen LogP contribution is -2.47. The first-order valence-electron chi connectivity index (χ1n) is 12.1. The molecule has 3 amide bonds. The molecule has 1 aromatic rings. The Bertz CT molecular complexity index is 1000. The van der Waals surface area contributed by atoms with E-state index in [-0.39, 0.29) is 23.6 Å². The number of thioether (sulfide) groups is 1. The molecule has 2 bridgehead atoms. The normalized spacial score (nSPS) is 32.9. The van der Waals surface area contributed by atoms with Gasteiger partial charge in [-0.2, -0.15) is 0 Å². The lowest BCUT2D eigenvalue weighted by Gasteiger charge is -2.38. The third-order valence-electron chi connectivity index (χ3n) is 7.95. The van der Waals surface area contributed by atoms with E-state index in [0.29, 0.717) is 36.3 Å². The van der Waals surface area contributed by atoms with Gasteiger partial charge in [0.15, 0.2) is 5.17 Å². The van der Waals surface area contributed by atoms with E-state index in [4.69, 9.17) is 4.99 Å². The number of nitrogens with zero attached hydrogens (tertiary/aromatic N) is 2. The van der Waals surface area contributed by atoms with Crippen LogP contribution in [0, 0.1) is 17.8 Å². The van der Waals surface area contributed by atoms with Crippen LogP contribution in [0.4, 0.5) is 5.69 Å². The van der Waals surface area contributed by atoms with Crippen LogP contribution in [0.1, 0.15) is 62.7 Å². The zero-order valence-electron chi connectivity index (χ0n) is 19.3. The van der Waals surface area contributed by atoms with Crippen molar-refractivity contribution in [3.63, 3.8) is 0 Å². The molecule has 2 N–H and O–H groups in total. The smallest absolute Gasteiger partial charge is 0.253 e. The number of amides is 3. The molecule has 7 nitrogen and oxygen atoms in total. The number of hydrogen-bond donors (Lipinski definition) is 2. The molecule has 176 valence electrons. The quantitative estimate of drug-likeness (QED) is 0.706. The van der Waals surface area contributed by atoms with Gasteiger partial charge in [-0.3, -0.25) is 19.4 Å². The predicted molar refractivity (Wildman–Crippen MR) is 130 cm³/mol. The van der Waals surface area contributed by atoms with Gasteiger partial charge in [0.1, 0.15) is 4.75 Å². The highest BCUT2D eigenvalue weighted by molar-refractivity contribution is 8.16. The van der Waals surface area contributed by atoms with Crippen molar-refractivity contribution in [2.45, 2.75) is 63.2 Å². The lowest BCUT2D eigenvalue weighted by atomic mass is 9.84. The van der Waals surface area contributed by atoms with Crippen LogP contribution in [0.3, 0.4) is 0 Å². The van der Waals surface area contributed by atoms with E-state index >= 15 is 0 Å². The van der Waals surface area contributed by atoms with Gasteiger partial charge in [-0.15, -0.1) is 0 Å². The van der Waals surface area contributed by atoms with Gasteiger partial charge in [0.05, 0.1) is 6.04 Å². The molecule has 4 atom stereocenters. The van der Waals surface area contributed by atoms with Crippen molar-refractivity contribution in [3.8, 4) is 0 Å². The van der Waals surface area contributed by atoms with Crippen molar-refractivity contribution in [1.29, 1.82) is 0 Å². The maximum absolute atomic E-state index is 13.0. The number of hydrogen-bond acceptors (Lipinski definition) is 5. The summed E-state index contributed by atoms with van der Waals surface area (Å²) in [4.78, 5) is 44.1. The molecule has 1 aromatic carbocycles. The molecule has 5 rings (SSSR count). The minimum absolute atomic E-state index is 0.0344. The molecule has 4 fully saturated rings. The largest absolute Gasteiger partial charge is 0.339 e. The van der Waals surface area contributed by atoms with E-state index in [0.717, 1.165) is 23.9 Å². The van der Waals surface area contributed by atoms with Gasteiger partial charge >= 0.3 is 0 Å². The number of aliphatic imine (C=N–C) groups is 1. The van der Waals surface area contributed by atoms with Crippen LogP contribution < -0.4 is 10.6 Å². The molecule has 2 heterocycles. The molecule has 8 heteroatoms. The van der Waals surface area contributed by atoms with Gasteiger partial charge < -0.3 is 15.5 Å². The van der Waals surface area contributed by atoms with Crippen molar-refractivity contribution in [3.05, 3.63) is 29.8 Å². The van der Waals surface area contributed by atoms with E-state index in [2.05, 4.69) is 10.6 Å². The van der Waals surface area contributed by atoms with Crippen molar-refractivity contribution in [2.75, 3.05) is 18.4 Å². The number of fused-ring (bicyclic) bond motifs is 2. The molecular weight excluding hydrogens is 436 g/mol. The summed E-state index contributed by atoms with van der Waals surface area (Å²) in [5.74, 6) is 1.59. The second-order valence-electron chi connectivity index (χ2n) is 10.2. The summed E-state index contributed by atoms with van der Waals surface area (Å²) in [5, 5.41) is 6.60. The number of anilines is 1. The van der Waals surface area contributed by atoms with Gasteiger partial charge in [-0.05, 0) is 75.0 Å². The van der Waals surface area contributed by atoms with Crippen molar-refractivity contribution in [1.82, 2.24) is 10.2 Å². The first-order chi connectivity index (χ1) is 15.8. The fraction of sp³-hybridized carbons (Fsp3) is 0.600. The number of amidine groups is 1. The Morgan fingerprint density at radius 2 is 1.97 bits per heavy atom. The Hall–Kier alpha value is -2.35. The third-order valence-corrected chi connectivity index (χ3v) is 9.30. The fourth-order valence-electron chi connectivity index (χ4n) is 6.09. The van der Waals surface area contributed by atoms with Crippen LogP contribution in [0.2, 0.25) is 0 Å². The van der Waals surface area contributed by atoms with Crippen LogP contribution in [-0.2, 0) is 9.59 Å². The van der Waals surface area contributed by atoms with Gasteiger partial charge in [0.25, 0.3) is 5.91 Å². The van der Waals surface area contributed by atoms with Crippen molar-refractivity contribution >= 4 is 40.3 Å². The van der Waals surface area contributed by atoms with Crippen LogP contribution in [0.15, 0.2) is 29.3 Å². The summed E-state index contributed by atoms with van der Waals surface area (Å²) in [6.45, 7) is 4.73. The molecular formula is C25H32N4O3S. The zero-order valence-corrected chi connectivity index (χ0v) is 20.1. The van der Waals surface area contributed by atoms with E-state index in [1.165, 1.54) is 32.6 Å². The molecule has 0 spiro atoms. The third kappa shape index (κ3) is 4.42. The highest BCUT2D eigenvalue weighted by Crippen LogP contribution is 2.48. The molecule has 33 heavy (non-hydrogen) atoms. The monoisotopic (exact) mass is 468 g/mol. The van der Waals surface area contributed by atoms with Gasteiger partial charge in [-0.1, -0.05) is 24.2 Å². The number of carbonyl (C=O) groups is 3. The highest BCUT2D eigenvalue weighted by atomic mass is 32.2. The first-order valence-corrected chi connectivity index (χ1v) is 12.9. The standard InChI is InChI=1S/C25H32N4O3S/c1-15(30)26-20-5-3-4-18(14-20)22(31)29-10-8-19(9-11-29)25(2)23(32)28-24(33-25)27-21-13-16-6-7-17(21)12-16/h3-5,14,16-17,19,21H,6-13H2,1-2H3,(H,26,30)(H,27,28,32)/t16-,17+,21?,25?/m1/s1. The van der Waals surface area contributed by atoms with E-state index in [1.54, 1.807) is 36.0 Å². The summed E-state index contributed by atoms with van der Waals surface area (Å²) in [7, 11) is 0. The number of rotatable bonds is 4. The fourth-order valence-corrected chi connectivity index (χ4v) is 7.37. The summed E-state index contributed by atoms with van der Waals surface area (Å²) >= 11 is 1.60. The average Bonchev–Trinajstić information content (AvgIpc) is 3.48. The van der Waals surface area contributed by atoms with Crippen LogP contribution in [0.25, 0.3) is 0 Å². The Morgan fingerprint density at radius 1 is 1.18 bits per heavy atom. The summed E-state index contributed by atoms with van der Waals surface area (Å²) in [6.07, 6.45) is 6.67. The Labute approximate surface area is 199 Å². The summed E-state index contributed by atoms with van der Waals surface area (Å²) in [5.41, 5.74) is 1.19. The van der Waals surface area contributed by atoms with E-state index in [9.17, 15) is 14.4 Å². The molecule has 2 aliphatic heterocycles. The summed E-state index contributed by atoms with van der Waals surface area (Å²) in [6, 6.07) is 7.43. The maximum atomic E-state index is 13.0. The lowest BCUT2D eigenvalue weighted by molar-refractivity contribution is -0.122. The number of benzene rings is 1. The molecule has 2 aliphatic carbocycles. The summed E-state index contributed by atoms with van der Waals surface area (Å²) < 4.78 is -0.531. The van der Waals surface area contributed by atoms with Gasteiger partial charge in [-0.25, -0.2) is 0 Å². The van der Waals surface area contributed by atoms with Crippen molar-refractivity contribution < 1.29 is 14.4 Å². The second-order valence-corrected chi connectivity index (χ2v) is 11.6. The molecule has 2 saturated carbocycles. The second kappa shape index (κ2) is 8.78. The minimum atomic E-state index is -0.531. The van der Waals surface area contributed by atoms with E-state index < -0.39 is 4.75 Å². The molecule has 2 saturated heterocycles. The molecule has 2 unspecified atom stereocenters. The van der Waals surface area contributed by atoms with Crippen LogP contribution in [0.5, 0.6) is 0 Å². The number of likely N-dealkylation sites (tertiary alicyclic amines) is 1. The predicted octanol–water partition coefficient (Wildman–Crippen LogP) is 3.66. The number of nitrogens with one attached hydrogen (secondary N) is 2. The first kappa shape index (κ1) is 22.4. The van der Waals surface area contributed by atoms with E-state index in [1.807, 2.05) is 11.8 Å². The van der Waals surface area contributed by atoms with Crippen molar-refractivity contribution in [2.24, 2.45) is 22.7 Å². The van der Waals surface area contributed by atoms with Gasteiger partial charge in [0, 0.05) is 31.3 Å². The molecule has 0 radical (unpaired) electrons. The Balaban J connectivity index is 1.20. The average molecular weight is 469 g/mol. The zero-order chi connectivity index (χ0) is 23.2. The molecule has 4 aliphatic rings. The van der Waals surface area contributed by atoms with Crippen LogP contribution in [-0.4, -0.2) is 51.7 Å².